The average Bonchev–Trinajstić information content (AvgIpc) is 3.07. The van der Waals surface area contributed by atoms with E-state index in [9.17, 15) is 4.39 Å². The van der Waals surface area contributed by atoms with Gasteiger partial charge in [0.25, 0.3) is 0 Å². The molecule has 1 fully saturated rings. The van der Waals surface area contributed by atoms with E-state index >= 15 is 0 Å². The molecule has 0 atom stereocenters. The summed E-state index contributed by atoms with van der Waals surface area (Å²) in [6.45, 7) is 1.87. The van der Waals surface area contributed by atoms with E-state index in [1.54, 1.807) is 18.3 Å². The topological polar surface area (TPSA) is 52.8 Å². The number of halogens is 2. The Hall–Kier alpha value is -2.47. The second-order valence-corrected chi connectivity index (χ2v) is 7.21. The van der Waals surface area contributed by atoms with Crippen LogP contribution in [0.4, 0.5) is 4.39 Å². The van der Waals surface area contributed by atoms with Crippen LogP contribution in [0, 0.1) is 12.7 Å². The Morgan fingerprint density at radius 3 is 2.63 bits per heavy atom. The van der Waals surface area contributed by atoms with Gasteiger partial charge in [0, 0.05) is 18.2 Å². The molecule has 0 amide bonds. The molecule has 0 N–H and O–H groups in total. The third kappa shape index (κ3) is 3.81. The van der Waals surface area contributed by atoms with E-state index in [-0.39, 0.29) is 17.0 Å². The monoisotopic (exact) mass is 386 g/mol. The average molecular weight is 387 g/mol. The predicted molar refractivity (Wildman–Crippen MR) is 101 cm³/mol. The van der Waals surface area contributed by atoms with Crippen LogP contribution in [-0.2, 0) is 0 Å². The van der Waals surface area contributed by atoms with Crippen molar-refractivity contribution >= 4 is 11.6 Å². The van der Waals surface area contributed by atoms with Crippen molar-refractivity contribution in [3.05, 3.63) is 65.1 Å². The summed E-state index contributed by atoms with van der Waals surface area (Å²) >= 11 is 5.82. The van der Waals surface area contributed by atoms with Crippen LogP contribution in [0.25, 0.3) is 5.69 Å². The van der Waals surface area contributed by atoms with Crippen LogP contribution in [0.15, 0.2) is 42.6 Å². The first-order valence-corrected chi connectivity index (χ1v) is 9.44. The fourth-order valence-electron chi connectivity index (χ4n) is 3.61. The summed E-state index contributed by atoms with van der Waals surface area (Å²) in [4.78, 5) is 4.23. The molecular weight excluding hydrogens is 367 g/mol. The molecule has 0 aliphatic heterocycles. The molecule has 0 saturated heterocycles. The molecule has 0 bridgehead atoms. The van der Waals surface area contributed by atoms with Crippen LogP contribution in [-0.4, -0.2) is 25.9 Å². The minimum Gasteiger partial charge on any atom is -0.474 e. The van der Waals surface area contributed by atoms with Gasteiger partial charge in [-0.3, -0.25) is 4.57 Å². The highest BCUT2D eigenvalue weighted by Gasteiger charge is 2.28. The van der Waals surface area contributed by atoms with Crippen LogP contribution in [0.5, 0.6) is 5.88 Å². The van der Waals surface area contributed by atoms with E-state index in [4.69, 9.17) is 16.3 Å². The molecule has 1 aromatic carbocycles. The van der Waals surface area contributed by atoms with Crippen LogP contribution < -0.4 is 4.74 Å². The van der Waals surface area contributed by atoms with Crippen molar-refractivity contribution in [3.63, 3.8) is 0 Å². The molecule has 140 valence electrons. The summed E-state index contributed by atoms with van der Waals surface area (Å²) in [7, 11) is 0. The zero-order chi connectivity index (χ0) is 18.8. The number of pyridine rings is 1. The quantitative estimate of drug-likeness (QED) is 0.642. The first kappa shape index (κ1) is 17.9. The molecule has 1 saturated carbocycles. The maximum absolute atomic E-state index is 13.9. The number of benzene rings is 1. The number of hydrogen-bond donors (Lipinski definition) is 0. The van der Waals surface area contributed by atoms with Crippen LogP contribution in [0.3, 0.4) is 0 Å². The summed E-state index contributed by atoms with van der Waals surface area (Å²) < 4.78 is 21.8. The SMILES string of the molecule is Cc1nnc([C@H]2CC[C@H](Oc3ccccn3)CC2)n1-c1ccc(Cl)c(F)c1. The fourth-order valence-corrected chi connectivity index (χ4v) is 3.73. The molecule has 0 spiro atoms. The first-order chi connectivity index (χ1) is 13.1. The molecule has 0 unspecified atom stereocenters. The summed E-state index contributed by atoms with van der Waals surface area (Å²) in [5.74, 6) is 2.08. The van der Waals surface area contributed by atoms with Crippen molar-refractivity contribution in [3.8, 4) is 11.6 Å². The Labute approximate surface area is 162 Å². The lowest BCUT2D eigenvalue weighted by molar-refractivity contribution is 0.139. The molecule has 2 aromatic heterocycles. The van der Waals surface area contributed by atoms with E-state index in [0.717, 1.165) is 37.3 Å². The van der Waals surface area contributed by atoms with E-state index in [1.165, 1.54) is 6.07 Å². The summed E-state index contributed by atoms with van der Waals surface area (Å²) in [6, 6.07) is 10.5. The van der Waals surface area contributed by atoms with Gasteiger partial charge in [-0.1, -0.05) is 17.7 Å². The molecule has 0 radical (unpaired) electrons. The van der Waals surface area contributed by atoms with Gasteiger partial charge in [-0.15, -0.1) is 10.2 Å². The fraction of sp³-hybridized carbons (Fsp3) is 0.350. The normalized spacial score (nSPS) is 19.8. The predicted octanol–water partition coefficient (Wildman–Crippen LogP) is 4.87. The van der Waals surface area contributed by atoms with Crippen molar-refractivity contribution < 1.29 is 9.13 Å². The summed E-state index contributed by atoms with van der Waals surface area (Å²) in [5.41, 5.74) is 0.696. The first-order valence-electron chi connectivity index (χ1n) is 9.07. The van der Waals surface area contributed by atoms with Gasteiger partial charge in [0.2, 0.25) is 5.88 Å². The van der Waals surface area contributed by atoms with Gasteiger partial charge in [0.15, 0.2) is 0 Å². The van der Waals surface area contributed by atoms with Crippen molar-refractivity contribution in [2.24, 2.45) is 0 Å². The molecule has 4 rings (SSSR count). The minimum atomic E-state index is -0.444. The van der Waals surface area contributed by atoms with E-state index < -0.39 is 5.82 Å². The molecule has 1 aliphatic carbocycles. The van der Waals surface area contributed by atoms with Crippen molar-refractivity contribution in [2.75, 3.05) is 0 Å². The van der Waals surface area contributed by atoms with E-state index in [0.29, 0.717) is 11.6 Å². The van der Waals surface area contributed by atoms with Crippen LogP contribution >= 0.6 is 11.6 Å². The van der Waals surface area contributed by atoms with Gasteiger partial charge in [0.05, 0.1) is 10.7 Å². The van der Waals surface area contributed by atoms with Gasteiger partial charge in [-0.05, 0) is 56.9 Å². The Bertz CT molecular complexity index is 923. The Morgan fingerprint density at radius 2 is 1.93 bits per heavy atom. The zero-order valence-corrected chi connectivity index (χ0v) is 15.7. The second kappa shape index (κ2) is 7.64. The lowest BCUT2D eigenvalue weighted by Gasteiger charge is -2.28. The molecular formula is C20H20ClFN4O. The van der Waals surface area contributed by atoms with Crippen LogP contribution in [0.1, 0.15) is 43.3 Å². The molecule has 5 nitrogen and oxygen atoms in total. The molecule has 27 heavy (non-hydrogen) atoms. The smallest absolute Gasteiger partial charge is 0.213 e. The van der Waals surface area contributed by atoms with Gasteiger partial charge >= 0.3 is 0 Å². The van der Waals surface area contributed by atoms with Crippen molar-refractivity contribution in [1.82, 2.24) is 19.7 Å². The number of nitrogens with zero attached hydrogens (tertiary/aromatic N) is 4. The molecule has 2 heterocycles. The summed E-state index contributed by atoms with van der Waals surface area (Å²) in [6.07, 6.45) is 5.60. The van der Waals surface area contributed by atoms with Gasteiger partial charge < -0.3 is 4.74 Å². The lowest BCUT2D eigenvalue weighted by Crippen LogP contribution is -2.25. The Balaban J connectivity index is 1.50. The molecule has 7 heteroatoms. The minimum absolute atomic E-state index is 0.109. The maximum Gasteiger partial charge on any atom is 0.213 e. The van der Waals surface area contributed by atoms with Crippen LogP contribution in [0.2, 0.25) is 5.02 Å². The van der Waals surface area contributed by atoms with Crippen molar-refractivity contribution in [1.29, 1.82) is 0 Å². The molecule has 3 aromatic rings. The third-order valence-electron chi connectivity index (χ3n) is 4.98. The van der Waals surface area contributed by atoms with Gasteiger partial charge in [-0.2, -0.15) is 0 Å². The van der Waals surface area contributed by atoms with Crippen molar-refractivity contribution in [2.45, 2.75) is 44.6 Å². The summed E-state index contributed by atoms with van der Waals surface area (Å²) in [5, 5.41) is 8.71. The number of hydrogen-bond acceptors (Lipinski definition) is 4. The Kier molecular flexibility index (Phi) is 5.07. The lowest BCUT2D eigenvalue weighted by atomic mass is 9.86. The zero-order valence-electron chi connectivity index (χ0n) is 15.0. The molecule has 1 aliphatic rings. The van der Waals surface area contributed by atoms with E-state index in [1.807, 2.05) is 29.7 Å². The largest absolute Gasteiger partial charge is 0.474 e. The standard InChI is InChI=1S/C20H20ClFN4O/c1-13-24-25-20(26(13)15-7-10-17(21)18(22)12-15)14-5-8-16(9-6-14)27-19-4-2-3-11-23-19/h2-4,7,10-12,14,16H,5-6,8-9H2,1H3/t14-,16-. The second-order valence-electron chi connectivity index (χ2n) is 6.80. The Morgan fingerprint density at radius 1 is 1.11 bits per heavy atom. The third-order valence-corrected chi connectivity index (χ3v) is 5.28. The van der Waals surface area contributed by atoms with E-state index in [2.05, 4.69) is 15.2 Å². The number of ether oxygens (including phenoxy) is 1. The van der Waals surface area contributed by atoms with Gasteiger partial charge in [-0.25, -0.2) is 9.37 Å². The highest BCUT2D eigenvalue weighted by atomic mass is 35.5. The number of aryl methyl sites for hydroxylation is 1. The van der Waals surface area contributed by atoms with Gasteiger partial charge in [0.1, 0.15) is 23.6 Å². The maximum atomic E-state index is 13.9. The highest BCUT2D eigenvalue weighted by molar-refractivity contribution is 6.30. The number of aromatic nitrogens is 4. The number of rotatable bonds is 4. The highest BCUT2D eigenvalue weighted by Crippen LogP contribution is 2.35.